The Morgan fingerprint density at radius 1 is 1.19 bits per heavy atom. The topological polar surface area (TPSA) is 76.0 Å². The van der Waals surface area contributed by atoms with Crippen LogP contribution in [0, 0.1) is 5.82 Å². The van der Waals surface area contributed by atoms with Crippen molar-refractivity contribution in [1.29, 1.82) is 0 Å². The smallest absolute Gasteiger partial charge is 0.269 e. The van der Waals surface area contributed by atoms with Gasteiger partial charge in [0.1, 0.15) is 17.4 Å². The van der Waals surface area contributed by atoms with Crippen LogP contribution in [-0.4, -0.2) is 27.5 Å². The Kier molecular flexibility index (Phi) is 6.37. The second-order valence-corrected chi connectivity index (χ2v) is 7.09. The molecule has 0 radical (unpaired) electrons. The number of nitrogens with zero attached hydrogens (tertiary/aromatic N) is 2. The lowest BCUT2D eigenvalue weighted by Gasteiger charge is -2.22. The van der Waals surface area contributed by atoms with Crippen LogP contribution in [0.4, 0.5) is 4.39 Å². The fourth-order valence-corrected chi connectivity index (χ4v) is 2.46. The molecule has 2 aromatic rings. The Labute approximate surface area is 156 Å². The Hall–Kier alpha value is -2.41. The SMILES string of the molecule is CC(C)(C)n1nccc1C(=O)NCc1ccc(CNC(=O)CCl)cc1F. The third-order valence-corrected chi connectivity index (χ3v) is 3.92. The predicted octanol–water partition coefficient (Wildman–Crippen LogP) is 2.56. The van der Waals surface area contributed by atoms with Crippen molar-refractivity contribution in [2.24, 2.45) is 0 Å². The van der Waals surface area contributed by atoms with E-state index in [0.29, 0.717) is 16.8 Å². The van der Waals surface area contributed by atoms with Gasteiger partial charge >= 0.3 is 0 Å². The number of rotatable bonds is 6. The Bertz CT molecular complexity index is 799. The first-order valence-corrected chi connectivity index (χ1v) is 8.68. The van der Waals surface area contributed by atoms with Gasteiger partial charge in [0.05, 0.1) is 5.54 Å². The maximum absolute atomic E-state index is 14.2. The summed E-state index contributed by atoms with van der Waals surface area (Å²) in [6, 6.07) is 6.23. The van der Waals surface area contributed by atoms with Crippen molar-refractivity contribution in [2.75, 3.05) is 5.88 Å². The average molecular weight is 381 g/mol. The van der Waals surface area contributed by atoms with Crippen molar-refractivity contribution >= 4 is 23.4 Å². The molecule has 140 valence electrons. The maximum Gasteiger partial charge on any atom is 0.269 e. The van der Waals surface area contributed by atoms with Crippen LogP contribution in [0.25, 0.3) is 0 Å². The Morgan fingerprint density at radius 2 is 1.92 bits per heavy atom. The van der Waals surface area contributed by atoms with Crippen LogP contribution in [0.2, 0.25) is 0 Å². The van der Waals surface area contributed by atoms with Crippen LogP contribution < -0.4 is 10.6 Å². The summed E-state index contributed by atoms with van der Waals surface area (Å²) < 4.78 is 15.8. The van der Waals surface area contributed by atoms with Gasteiger partial charge in [-0.25, -0.2) is 4.39 Å². The molecule has 0 aliphatic carbocycles. The van der Waals surface area contributed by atoms with E-state index in [1.54, 1.807) is 29.1 Å². The van der Waals surface area contributed by atoms with Gasteiger partial charge in [0.15, 0.2) is 0 Å². The van der Waals surface area contributed by atoms with E-state index >= 15 is 0 Å². The zero-order valence-electron chi connectivity index (χ0n) is 15.0. The molecule has 8 heteroatoms. The molecule has 2 rings (SSSR count). The second-order valence-electron chi connectivity index (χ2n) is 6.82. The highest BCUT2D eigenvalue weighted by Gasteiger charge is 2.21. The third-order valence-electron chi connectivity index (χ3n) is 3.68. The molecule has 6 nitrogen and oxygen atoms in total. The largest absolute Gasteiger partial charge is 0.351 e. The Morgan fingerprint density at radius 3 is 2.54 bits per heavy atom. The predicted molar refractivity (Wildman–Crippen MR) is 97.4 cm³/mol. The van der Waals surface area contributed by atoms with Crippen LogP contribution in [0.15, 0.2) is 30.5 Å². The lowest BCUT2D eigenvalue weighted by Crippen LogP contribution is -2.32. The zero-order valence-corrected chi connectivity index (χ0v) is 15.7. The monoisotopic (exact) mass is 380 g/mol. The number of aromatic nitrogens is 2. The molecule has 1 heterocycles. The molecule has 0 saturated heterocycles. The summed E-state index contributed by atoms with van der Waals surface area (Å²) in [5.41, 5.74) is 1.05. The number of carbonyl (C=O) groups excluding carboxylic acids is 2. The lowest BCUT2D eigenvalue weighted by molar-refractivity contribution is -0.118. The highest BCUT2D eigenvalue weighted by atomic mass is 35.5. The number of alkyl halides is 1. The highest BCUT2D eigenvalue weighted by Crippen LogP contribution is 2.16. The number of halogens is 2. The van der Waals surface area contributed by atoms with Gasteiger partial charge in [0.25, 0.3) is 5.91 Å². The van der Waals surface area contributed by atoms with E-state index in [0.717, 1.165) is 0 Å². The third kappa shape index (κ3) is 5.05. The van der Waals surface area contributed by atoms with Crippen molar-refractivity contribution in [1.82, 2.24) is 20.4 Å². The lowest BCUT2D eigenvalue weighted by atomic mass is 10.1. The van der Waals surface area contributed by atoms with Crippen molar-refractivity contribution in [3.05, 3.63) is 53.1 Å². The molecule has 0 saturated carbocycles. The number of hydrogen-bond acceptors (Lipinski definition) is 3. The summed E-state index contributed by atoms with van der Waals surface area (Å²) in [5, 5.41) is 9.45. The number of nitrogens with one attached hydrogen (secondary N) is 2. The summed E-state index contributed by atoms with van der Waals surface area (Å²) in [5.74, 6) is -1.24. The molecular formula is C18H22ClFN4O2. The molecule has 1 aromatic heterocycles. The molecule has 0 aliphatic rings. The van der Waals surface area contributed by atoms with E-state index in [-0.39, 0.29) is 36.3 Å². The van der Waals surface area contributed by atoms with Gasteiger partial charge in [-0.1, -0.05) is 12.1 Å². The molecule has 0 fully saturated rings. The minimum Gasteiger partial charge on any atom is -0.351 e. The second kappa shape index (κ2) is 8.31. The zero-order chi connectivity index (χ0) is 19.3. The van der Waals surface area contributed by atoms with E-state index in [9.17, 15) is 14.0 Å². The van der Waals surface area contributed by atoms with Gasteiger partial charge in [-0.3, -0.25) is 14.3 Å². The number of amides is 2. The van der Waals surface area contributed by atoms with Crippen molar-refractivity contribution in [2.45, 2.75) is 39.4 Å². The molecule has 0 aliphatic heterocycles. The van der Waals surface area contributed by atoms with Crippen molar-refractivity contribution < 1.29 is 14.0 Å². The van der Waals surface area contributed by atoms with Gasteiger partial charge in [-0.15, -0.1) is 11.6 Å². The molecule has 0 spiro atoms. The summed E-state index contributed by atoms with van der Waals surface area (Å²) in [4.78, 5) is 23.5. The average Bonchev–Trinajstić information content (AvgIpc) is 3.08. The fourth-order valence-electron chi connectivity index (χ4n) is 2.37. The van der Waals surface area contributed by atoms with Crippen molar-refractivity contribution in [3.8, 4) is 0 Å². The van der Waals surface area contributed by atoms with Crippen LogP contribution in [0.3, 0.4) is 0 Å². The van der Waals surface area contributed by atoms with E-state index in [1.165, 1.54) is 6.07 Å². The van der Waals surface area contributed by atoms with Gasteiger partial charge in [0.2, 0.25) is 5.91 Å². The van der Waals surface area contributed by atoms with E-state index < -0.39 is 5.82 Å². The Balaban J connectivity index is 2.00. The quantitative estimate of drug-likeness (QED) is 0.756. The molecule has 2 amide bonds. The summed E-state index contributed by atoms with van der Waals surface area (Å²) in [6.45, 7) is 6.07. The van der Waals surface area contributed by atoms with Crippen LogP contribution in [-0.2, 0) is 23.4 Å². The van der Waals surface area contributed by atoms with Crippen LogP contribution >= 0.6 is 11.6 Å². The maximum atomic E-state index is 14.2. The van der Waals surface area contributed by atoms with E-state index in [2.05, 4.69) is 15.7 Å². The fraction of sp³-hybridized carbons (Fsp3) is 0.389. The minimum atomic E-state index is -0.452. The molecule has 1 aromatic carbocycles. The molecule has 26 heavy (non-hydrogen) atoms. The van der Waals surface area contributed by atoms with Gasteiger partial charge in [0, 0.05) is 24.8 Å². The van der Waals surface area contributed by atoms with Gasteiger partial charge in [-0.05, 0) is 38.5 Å². The van der Waals surface area contributed by atoms with E-state index in [1.807, 2.05) is 20.8 Å². The first-order valence-electron chi connectivity index (χ1n) is 8.15. The summed E-state index contributed by atoms with van der Waals surface area (Å²) in [6.07, 6.45) is 1.56. The molecule has 0 bridgehead atoms. The van der Waals surface area contributed by atoms with Crippen LogP contribution in [0.1, 0.15) is 42.4 Å². The standard InChI is InChI=1S/C18H22ClFN4O2/c1-18(2,3)24-15(6-7-23-24)17(26)22-11-13-5-4-12(8-14(13)20)10-21-16(25)9-19/h4-8H,9-11H2,1-3H3,(H,21,25)(H,22,26). The number of benzene rings is 1. The number of carbonyl (C=O) groups is 2. The first kappa shape index (κ1) is 19.9. The molecule has 0 atom stereocenters. The summed E-state index contributed by atoms with van der Waals surface area (Å²) >= 11 is 5.39. The van der Waals surface area contributed by atoms with Crippen LogP contribution in [0.5, 0.6) is 0 Å². The van der Waals surface area contributed by atoms with Crippen molar-refractivity contribution in [3.63, 3.8) is 0 Å². The molecular weight excluding hydrogens is 359 g/mol. The molecule has 0 unspecified atom stereocenters. The summed E-state index contributed by atoms with van der Waals surface area (Å²) in [7, 11) is 0. The molecule has 2 N–H and O–H groups in total. The van der Waals surface area contributed by atoms with Gasteiger partial charge in [-0.2, -0.15) is 5.10 Å². The van der Waals surface area contributed by atoms with Gasteiger partial charge < -0.3 is 10.6 Å². The number of hydrogen-bond donors (Lipinski definition) is 2. The highest BCUT2D eigenvalue weighted by molar-refractivity contribution is 6.27. The van der Waals surface area contributed by atoms with E-state index in [4.69, 9.17) is 11.6 Å². The minimum absolute atomic E-state index is 0.0499. The normalized spacial score (nSPS) is 11.3. The first-order chi connectivity index (χ1) is 12.2.